The number of carbonyl (C=O) groups excluding carboxylic acids is 3. The maximum absolute atomic E-state index is 12.7. The lowest BCUT2D eigenvalue weighted by atomic mass is 9.86. The molecule has 11 nitrogen and oxygen atoms in total. The minimum Gasteiger partial charge on any atom is -0.444 e. The maximum Gasteiger partial charge on any atom is 0.410 e. The molecule has 3 amide bonds. The van der Waals surface area contributed by atoms with E-state index in [1.165, 1.54) is 12.0 Å². The number of hydrogen-bond donors (Lipinski definition) is 1. The van der Waals surface area contributed by atoms with E-state index < -0.39 is 47.9 Å². The first-order valence-corrected chi connectivity index (χ1v) is 16.0. The van der Waals surface area contributed by atoms with E-state index >= 15 is 0 Å². The monoisotopic (exact) mass is 646 g/mol. The van der Waals surface area contributed by atoms with Crippen molar-refractivity contribution < 1.29 is 46.5 Å². The molecule has 0 aliphatic carbocycles. The Balaban J connectivity index is 0.000000186. The van der Waals surface area contributed by atoms with Gasteiger partial charge in [0.05, 0.1) is 42.4 Å². The van der Waals surface area contributed by atoms with Crippen LogP contribution in [0.15, 0.2) is 0 Å². The lowest BCUT2D eigenvalue weighted by Crippen LogP contribution is -2.59. The van der Waals surface area contributed by atoms with Gasteiger partial charge >= 0.3 is 18.4 Å². The normalized spacial score (nSPS) is 36.6. The van der Waals surface area contributed by atoms with Crippen molar-refractivity contribution in [3.63, 3.8) is 0 Å². The van der Waals surface area contributed by atoms with Gasteiger partial charge in [-0.1, -0.05) is 0 Å². The Morgan fingerprint density at radius 3 is 1.76 bits per heavy atom. The number of rotatable bonds is 3. The van der Waals surface area contributed by atoms with E-state index in [1.807, 2.05) is 25.7 Å². The first-order chi connectivity index (χ1) is 20.8. The molecule has 0 spiro atoms. The molecule has 45 heavy (non-hydrogen) atoms. The number of halogens is 3. The lowest BCUT2D eigenvalue weighted by molar-refractivity contribution is -0.167. The van der Waals surface area contributed by atoms with E-state index in [9.17, 15) is 27.6 Å². The first kappa shape index (κ1) is 34.0. The Bertz CT molecular complexity index is 1140. The van der Waals surface area contributed by atoms with Gasteiger partial charge in [-0.15, -0.1) is 0 Å². The average Bonchev–Trinajstić information content (AvgIpc) is 3.06. The highest BCUT2D eigenvalue weighted by Crippen LogP contribution is 2.48. The summed E-state index contributed by atoms with van der Waals surface area (Å²) in [5, 5.41) is 3.55. The standard InChI is InChI=1S/C17H25F3N2O4.C14H24N2O3/c1-16(2,3)26-15(24)22-10-5-9-6-11(22)14(25-4)13(10)21(8-9)12(23)7-17(18,19)20;1-14(2,3)19-13(17)16-9-5-8-6-10(16)12(18-4)11(9)15-7-8/h9-11,13-14H,5-8H2,1-4H3;8-12,15H,5-7H2,1-4H3/t9?,10-,11+,13?,14+;8?,9-,10+,11?,12+/m11/s1. The third-order valence-electron chi connectivity index (χ3n) is 9.87. The number of alkyl halides is 3. The number of fused-ring (bicyclic) bond motifs is 4. The molecule has 6 saturated heterocycles. The second-order valence-electron chi connectivity index (χ2n) is 15.4. The molecule has 0 radical (unpaired) electrons. The van der Waals surface area contributed by atoms with E-state index in [2.05, 4.69) is 5.32 Å². The zero-order valence-corrected chi connectivity index (χ0v) is 27.6. The number of methoxy groups -OCH3 is 2. The van der Waals surface area contributed by atoms with Crippen LogP contribution < -0.4 is 5.32 Å². The second kappa shape index (κ2) is 12.0. The van der Waals surface area contributed by atoms with E-state index in [0.717, 1.165) is 19.4 Å². The Morgan fingerprint density at radius 2 is 1.22 bits per heavy atom. The van der Waals surface area contributed by atoms with Crippen molar-refractivity contribution in [3.8, 4) is 0 Å². The molecule has 4 unspecified atom stereocenters. The summed E-state index contributed by atoms with van der Waals surface area (Å²) >= 11 is 0. The molecule has 10 atom stereocenters. The third kappa shape index (κ3) is 6.88. The number of likely N-dealkylation sites (tertiary alicyclic amines) is 1. The van der Waals surface area contributed by atoms with Gasteiger partial charge in [0.15, 0.2) is 0 Å². The van der Waals surface area contributed by atoms with Gasteiger partial charge in [0, 0.05) is 20.8 Å². The van der Waals surface area contributed by atoms with Gasteiger partial charge in [0.1, 0.15) is 23.7 Å². The predicted octanol–water partition coefficient (Wildman–Crippen LogP) is 3.93. The van der Waals surface area contributed by atoms with Crippen LogP contribution in [-0.2, 0) is 23.7 Å². The van der Waals surface area contributed by atoms with Gasteiger partial charge in [-0.3, -0.25) is 14.6 Å². The second-order valence-corrected chi connectivity index (χ2v) is 15.4. The molecular formula is C31H49F3N4O7. The van der Waals surface area contributed by atoms with Gasteiger partial charge in [0.25, 0.3) is 0 Å². The molecule has 256 valence electrons. The molecule has 14 heteroatoms. The highest BCUT2D eigenvalue weighted by Gasteiger charge is 2.62. The first-order valence-electron chi connectivity index (χ1n) is 16.0. The predicted molar refractivity (Wildman–Crippen MR) is 156 cm³/mol. The zero-order valence-electron chi connectivity index (χ0n) is 27.6. The van der Waals surface area contributed by atoms with Crippen LogP contribution in [0.1, 0.15) is 73.6 Å². The summed E-state index contributed by atoms with van der Waals surface area (Å²) < 4.78 is 60.4. The molecule has 6 heterocycles. The van der Waals surface area contributed by atoms with Crippen molar-refractivity contribution in [3.05, 3.63) is 0 Å². The van der Waals surface area contributed by atoms with Crippen molar-refractivity contribution in [1.82, 2.24) is 20.0 Å². The largest absolute Gasteiger partial charge is 0.444 e. The Hall–Kier alpha value is -2.32. The highest BCUT2D eigenvalue weighted by molar-refractivity contribution is 5.78. The van der Waals surface area contributed by atoms with Gasteiger partial charge in [-0.05, 0) is 85.6 Å². The average molecular weight is 647 g/mol. The minimum atomic E-state index is -4.56. The van der Waals surface area contributed by atoms with Crippen LogP contribution in [0, 0.1) is 11.8 Å². The third-order valence-corrected chi connectivity index (χ3v) is 9.87. The Morgan fingerprint density at radius 1 is 0.733 bits per heavy atom. The quantitative estimate of drug-likeness (QED) is 0.492. The van der Waals surface area contributed by atoms with Crippen LogP contribution >= 0.6 is 0 Å². The molecular weight excluding hydrogens is 597 g/mol. The van der Waals surface area contributed by atoms with Crippen LogP contribution in [-0.4, -0.2) is 126 Å². The fraction of sp³-hybridized carbons (Fsp3) is 0.903. The summed E-state index contributed by atoms with van der Waals surface area (Å²) in [5.41, 5.74) is -1.12. The number of carbonyl (C=O) groups is 3. The smallest absolute Gasteiger partial charge is 0.410 e. The highest BCUT2D eigenvalue weighted by atomic mass is 19.4. The minimum absolute atomic E-state index is 0.0669. The van der Waals surface area contributed by atoms with Crippen molar-refractivity contribution in [2.75, 3.05) is 27.3 Å². The molecule has 1 N–H and O–H groups in total. The molecule has 6 aliphatic rings. The number of hydrogen-bond acceptors (Lipinski definition) is 8. The molecule has 6 bridgehead atoms. The van der Waals surface area contributed by atoms with Crippen molar-refractivity contribution in [2.45, 2.75) is 139 Å². The van der Waals surface area contributed by atoms with E-state index in [1.54, 1.807) is 32.8 Å². The summed E-state index contributed by atoms with van der Waals surface area (Å²) in [5.74, 6) is -0.215. The van der Waals surface area contributed by atoms with Crippen LogP contribution in [0.2, 0.25) is 0 Å². The number of nitrogens with one attached hydrogen (secondary N) is 1. The van der Waals surface area contributed by atoms with Gasteiger partial charge in [-0.25, -0.2) is 9.59 Å². The van der Waals surface area contributed by atoms with Crippen LogP contribution in [0.5, 0.6) is 0 Å². The summed E-state index contributed by atoms with van der Waals surface area (Å²) in [6.45, 7) is 12.4. The SMILES string of the molecule is CO[C@@H]1C2NCC3C[C@H]2N(C(=O)OC(C)(C)C)[C@H]1C3.CO[C@@H]1C2[C@H]3CC(C[C@@H]1N3C(=O)OC(C)(C)C)CN2C(=O)CC(F)(F)F. The van der Waals surface area contributed by atoms with Crippen molar-refractivity contribution >= 4 is 18.1 Å². The fourth-order valence-corrected chi connectivity index (χ4v) is 8.59. The van der Waals surface area contributed by atoms with E-state index in [-0.39, 0.29) is 54.9 Å². The molecule has 6 rings (SSSR count). The Kier molecular flexibility index (Phi) is 9.11. The number of nitrogens with zero attached hydrogens (tertiary/aromatic N) is 3. The number of amides is 3. The van der Waals surface area contributed by atoms with E-state index in [0.29, 0.717) is 18.8 Å². The van der Waals surface area contributed by atoms with Crippen LogP contribution in [0.4, 0.5) is 22.8 Å². The molecule has 0 aromatic heterocycles. The summed E-state index contributed by atoms with van der Waals surface area (Å²) in [6.07, 6.45) is -3.78. The number of piperidine rings is 4. The number of ether oxygens (including phenoxy) is 4. The van der Waals surface area contributed by atoms with Crippen molar-refractivity contribution in [1.29, 1.82) is 0 Å². The molecule has 0 saturated carbocycles. The lowest BCUT2D eigenvalue weighted by Gasteiger charge is -2.46. The maximum atomic E-state index is 12.7. The molecule has 6 aliphatic heterocycles. The fourth-order valence-electron chi connectivity index (χ4n) is 8.59. The van der Waals surface area contributed by atoms with E-state index in [4.69, 9.17) is 18.9 Å². The van der Waals surface area contributed by atoms with Gasteiger partial charge < -0.3 is 29.2 Å². The molecule has 0 aromatic rings. The Labute approximate surface area is 263 Å². The molecule has 0 aromatic carbocycles. The summed E-state index contributed by atoms with van der Waals surface area (Å²) in [6, 6.07) is -0.551. The topological polar surface area (TPSA) is 110 Å². The molecule has 6 fully saturated rings. The van der Waals surface area contributed by atoms with Crippen LogP contribution in [0.25, 0.3) is 0 Å². The van der Waals surface area contributed by atoms with Gasteiger partial charge in [0.2, 0.25) is 5.91 Å². The van der Waals surface area contributed by atoms with Crippen molar-refractivity contribution in [2.24, 2.45) is 11.8 Å². The summed E-state index contributed by atoms with van der Waals surface area (Å²) in [4.78, 5) is 42.2. The van der Waals surface area contributed by atoms with Crippen LogP contribution in [0.3, 0.4) is 0 Å². The zero-order chi connectivity index (χ0) is 33.2. The van der Waals surface area contributed by atoms with Gasteiger partial charge in [-0.2, -0.15) is 13.2 Å². The summed E-state index contributed by atoms with van der Waals surface area (Å²) in [7, 11) is 3.21.